The lowest BCUT2D eigenvalue weighted by Gasteiger charge is -2.20. The first-order valence-corrected chi connectivity index (χ1v) is 6.45. The maximum absolute atomic E-state index is 11.8. The Hall–Kier alpha value is -0.370. The van der Waals surface area contributed by atoms with Gasteiger partial charge in [0.1, 0.15) is 5.78 Å². The summed E-state index contributed by atoms with van der Waals surface area (Å²) < 4.78 is 5.26. The zero-order chi connectivity index (χ0) is 10.9. The zero-order valence-corrected chi connectivity index (χ0v) is 9.96. The SMILES string of the molecule is CCCCCCCC(=O)C1CCOCC1. The van der Waals surface area contributed by atoms with Crippen molar-refractivity contribution in [2.75, 3.05) is 13.2 Å². The van der Waals surface area contributed by atoms with E-state index < -0.39 is 0 Å². The summed E-state index contributed by atoms with van der Waals surface area (Å²) in [5, 5.41) is 0. The Balaban J connectivity index is 2.02. The summed E-state index contributed by atoms with van der Waals surface area (Å²) in [4.78, 5) is 11.8. The van der Waals surface area contributed by atoms with Crippen molar-refractivity contribution >= 4 is 5.78 Å². The summed E-state index contributed by atoms with van der Waals surface area (Å²) in [5.41, 5.74) is 0. The van der Waals surface area contributed by atoms with Crippen molar-refractivity contribution in [1.82, 2.24) is 0 Å². The van der Waals surface area contributed by atoms with Crippen molar-refractivity contribution in [1.29, 1.82) is 0 Å². The number of unbranched alkanes of at least 4 members (excludes halogenated alkanes) is 4. The fourth-order valence-corrected chi connectivity index (χ4v) is 2.13. The molecule has 0 amide bonds. The van der Waals surface area contributed by atoms with E-state index in [1.807, 2.05) is 0 Å². The molecule has 1 saturated heterocycles. The first-order chi connectivity index (χ1) is 7.34. The van der Waals surface area contributed by atoms with Crippen LogP contribution in [0.5, 0.6) is 0 Å². The Bertz CT molecular complexity index is 171. The van der Waals surface area contributed by atoms with Gasteiger partial charge in [0.25, 0.3) is 0 Å². The van der Waals surface area contributed by atoms with Gasteiger partial charge in [-0.05, 0) is 19.3 Å². The number of hydrogen-bond donors (Lipinski definition) is 0. The van der Waals surface area contributed by atoms with E-state index in [9.17, 15) is 4.79 Å². The van der Waals surface area contributed by atoms with Gasteiger partial charge in [-0.2, -0.15) is 0 Å². The molecule has 0 aliphatic carbocycles. The van der Waals surface area contributed by atoms with Gasteiger partial charge < -0.3 is 4.74 Å². The Kier molecular flexibility index (Phi) is 6.66. The van der Waals surface area contributed by atoms with Crippen LogP contribution in [0.25, 0.3) is 0 Å². The number of rotatable bonds is 7. The topological polar surface area (TPSA) is 26.3 Å². The minimum absolute atomic E-state index is 0.310. The molecule has 0 aromatic carbocycles. The number of ketones is 1. The maximum atomic E-state index is 11.8. The molecule has 2 heteroatoms. The predicted octanol–water partition coefficient (Wildman–Crippen LogP) is 3.34. The third-order valence-electron chi connectivity index (χ3n) is 3.20. The van der Waals surface area contributed by atoms with Gasteiger partial charge in [0, 0.05) is 25.6 Å². The summed E-state index contributed by atoms with van der Waals surface area (Å²) in [5.74, 6) is 0.791. The quantitative estimate of drug-likeness (QED) is 0.605. The molecule has 1 aliphatic rings. The second kappa shape index (κ2) is 7.86. The lowest BCUT2D eigenvalue weighted by Crippen LogP contribution is -2.23. The minimum atomic E-state index is 0.310. The van der Waals surface area contributed by atoms with Crippen LogP contribution in [-0.2, 0) is 9.53 Å². The average Bonchev–Trinajstić information content (AvgIpc) is 2.30. The molecule has 0 N–H and O–H groups in total. The summed E-state index contributed by atoms with van der Waals surface area (Å²) in [6.07, 6.45) is 8.89. The monoisotopic (exact) mass is 212 g/mol. The van der Waals surface area contributed by atoms with Gasteiger partial charge in [0.05, 0.1) is 0 Å². The van der Waals surface area contributed by atoms with Crippen LogP contribution in [0.2, 0.25) is 0 Å². The Morgan fingerprint density at radius 3 is 2.47 bits per heavy atom. The van der Waals surface area contributed by atoms with Crippen LogP contribution in [0.4, 0.5) is 0 Å². The van der Waals surface area contributed by atoms with Crippen molar-refractivity contribution in [2.45, 2.75) is 58.3 Å². The van der Waals surface area contributed by atoms with E-state index in [4.69, 9.17) is 4.74 Å². The Morgan fingerprint density at radius 1 is 1.13 bits per heavy atom. The van der Waals surface area contributed by atoms with Crippen molar-refractivity contribution in [3.8, 4) is 0 Å². The van der Waals surface area contributed by atoms with Crippen LogP contribution < -0.4 is 0 Å². The normalized spacial score (nSPS) is 17.9. The lowest BCUT2D eigenvalue weighted by molar-refractivity contribution is -0.125. The maximum Gasteiger partial charge on any atom is 0.136 e. The molecular weight excluding hydrogens is 188 g/mol. The van der Waals surface area contributed by atoms with Crippen LogP contribution in [0, 0.1) is 5.92 Å². The molecule has 0 saturated carbocycles. The Morgan fingerprint density at radius 2 is 1.80 bits per heavy atom. The van der Waals surface area contributed by atoms with E-state index in [1.165, 1.54) is 25.7 Å². The number of carbonyl (C=O) groups is 1. The van der Waals surface area contributed by atoms with Gasteiger partial charge in [-0.15, -0.1) is 0 Å². The van der Waals surface area contributed by atoms with E-state index in [0.29, 0.717) is 11.7 Å². The van der Waals surface area contributed by atoms with E-state index >= 15 is 0 Å². The van der Waals surface area contributed by atoms with E-state index in [0.717, 1.165) is 38.9 Å². The van der Waals surface area contributed by atoms with E-state index in [-0.39, 0.29) is 0 Å². The fourth-order valence-electron chi connectivity index (χ4n) is 2.13. The smallest absolute Gasteiger partial charge is 0.136 e. The second-order valence-corrected chi connectivity index (χ2v) is 4.52. The predicted molar refractivity (Wildman–Crippen MR) is 61.9 cm³/mol. The van der Waals surface area contributed by atoms with Gasteiger partial charge in [-0.1, -0.05) is 32.6 Å². The van der Waals surface area contributed by atoms with Crippen molar-refractivity contribution < 1.29 is 9.53 Å². The van der Waals surface area contributed by atoms with Crippen LogP contribution in [-0.4, -0.2) is 19.0 Å². The van der Waals surface area contributed by atoms with Crippen molar-refractivity contribution in [3.63, 3.8) is 0 Å². The highest BCUT2D eigenvalue weighted by Gasteiger charge is 2.20. The largest absolute Gasteiger partial charge is 0.381 e. The molecule has 0 unspecified atom stereocenters. The van der Waals surface area contributed by atoms with E-state index in [1.54, 1.807) is 0 Å². The molecule has 0 spiro atoms. The highest BCUT2D eigenvalue weighted by molar-refractivity contribution is 5.80. The van der Waals surface area contributed by atoms with Crippen LogP contribution in [0.15, 0.2) is 0 Å². The van der Waals surface area contributed by atoms with Gasteiger partial charge >= 0.3 is 0 Å². The molecule has 0 radical (unpaired) electrons. The highest BCUT2D eigenvalue weighted by atomic mass is 16.5. The molecule has 1 heterocycles. The number of Topliss-reactive ketones (excluding diaryl/α,β-unsaturated/α-hetero) is 1. The number of carbonyl (C=O) groups excluding carboxylic acids is 1. The third-order valence-corrected chi connectivity index (χ3v) is 3.20. The third kappa shape index (κ3) is 5.31. The van der Waals surface area contributed by atoms with Crippen LogP contribution >= 0.6 is 0 Å². The van der Waals surface area contributed by atoms with Crippen LogP contribution in [0.3, 0.4) is 0 Å². The molecule has 0 bridgehead atoms. The van der Waals surface area contributed by atoms with Crippen molar-refractivity contribution in [2.24, 2.45) is 5.92 Å². The number of hydrogen-bond acceptors (Lipinski definition) is 2. The van der Waals surface area contributed by atoms with Gasteiger partial charge in [0.15, 0.2) is 0 Å². The molecular formula is C13H24O2. The molecule has 1 fully saturated rings. The zero-order valence-electron chi connectivity index (χ0n) is 9.96. The molecule has 15 heavy (non-hydrogen) atoms. The summed E-state index contributed by atoms with van der Waals surface area (Å²) in [6.45, 7) is 3.78. The number of ether oxygens (including phenoxy) is 1. The summed E-state index contributed by atoms with van der Waals surface area (Å²) >= 11 is 0. The van der Waals surface area contributed by atoms with Gasteiger partial charge in [0.2, 0.25) is 0 Å². The average molecular weight is 212 g/mol. The van der Waals surface area contributed by atoms with E-state index in [2.05, 4.69) is 6.92 Å². The standard InChI is InChI=1S/C13H24O2/c1-2-3-4-5-6-7-13(14)12-8-10-15-11-9-12/h12H,2-11H2,1H3. The fraction of sp³-hybridized carbons (Fsp3) is 0.923. The van der Waals surface area contributed by atoms with Crippen LogP contribution in [0.1, 0.15) is 58.3 Å². The highest BCUT2D eigenvalue weighted by Crippen LogP contribution is 2.18. The van der Waals surface area contributed by atoms with Gasteiger partial charge in [-0.3, -0.25) is 4.79 Å². The molecule has 88 valence electrons. The second-order valence-electron chi connectivity index (χ2n) is 4.52. The molecule has 1 aliphatic heterocycles. The Labute approximate surface area is 93.4 Å². The molecule has 1 rings (SSSR count). The first-order valence-electron chi connectivity index (χ1n) is 6.45. The summed E-state index contributed by atoms with van der Waals surface area (Å²) in [6, 6.07) is 0. The van der Waals surface area contributed by atoms with Gasteiger partial charge in [-0.25, -0.2) is 0 Å². The minimum Gasteiger partial charge on any atom is -0.381 e. The van der Waals surface area contributed by atoms with Crippen molar-refractivity contribution in [3.05, 3.63) is 0 Å². The molecule has 0 aromatic rings. The molecule has 0 aromatic heterocycles. The molecule has 0 atom stereocenters. The lowest BCUT2D eigenvalue weighted by atomic mass is 9.92. The summed E-state index contributed by atoms with van der Waals surface area (Å²) in [7, 11) is 0. The first kappa shape index (κ1) is 12.7. The molecule has 2 nitrogen and oxygen atoms in total.